The Balaban J connectivity index is 1.51. The molecule has 0 radical (unpaired) electrons. The molecule has 1 aliphatic heterocycles. The van der Waals surface area contributed by atoms with Crippen molar-refractivity contribution in [3.63, 3.8) is 0 Å². The molecule has 1 aliphatic rings. The average molecular weight is 391 g/mol. The topological polar surface area (TPSA) is 72.2 Å². The van der Waals surface area contributed by atoms with Crippen molar-refractivity contribution in [3.8, 4) is 11.5 Å². The van der Waals surface area contributed by atoms with Crippen LogP contribution in [0.15, 0.2) is 55.0 Å². The van der Waals surface area contributed by atoms with Gasteiger partial charge in [0, 0.05) is 38.4 Å². The van der Waals surface area contributed by atoms with Gasteiger partial charge in [0.2, 0.25) is 5.91 Å². The number of carbonyl (C=O) groups is 2. The number of carbonyl (C=O) groups excluding carboxylic acids is 2. The third-order valence-electron chi connectivity index (χ3n) is 5.15. The van der Waals surface area contributed by atoms with E-state index in [9.17, 15) is 9.59 Å². The highest BCUT2D eigenvalue weighted by atomic mass is 16.2. The lowest BCUT2D eigenvalue weighted by atomic mass is 10.2. The summed E-state index contributed by atoms with van der Waals surface area (Å²) in [6.07, 6.45) is 7.73. The SMILES string of the molecule is Cc1cccc(-n2ncc(C(=O)NCCCN3CCCC3=O)c2-n2cccc2)c1. The fourth-order valence-electron chi connectivity index (χ4n) is 3.68. The number of nitrogens with zero attached hydrogens (tertiary/aromatic N) is 4. The first-order valence-corrected chi connectivity index (χ1v) is 9.98. The summed E-state index contributed by atoms with van der Waals surface area (Å²) in [5.41, 5.74) is 2.54. The van der Waals surface area contributed by atoms with E-state index in [1.54, 1.807) is 10.9 Å². The number of hydrogen-bond donors (Lipinski definition) is 1. The molecule has 0 aliphatic carbocycles. The van der Waals surface area contributed by atoms with E-state index in [2.05, 4.69) is 10.4 Å². The number of rotatable bonds is 7. The van der Waals surface area contributed by atoms with Gasteiger partial charge in [-0.1, -0.05) is 12.1 Å². The second kappa shape index (κ2) is 8.34. The summed E-state index contributed by atoms with van der Waals surface area (Å²) in [5, 5.41) is 7.46. The van der Waals surface area contributed by atoms with E-state index < -0.39 is 0 Å². The van der Waals surface area contributed by atoms with E-state index in [0.717, 1.165) is 30.6 Å². The first-order valence-electron chi connectivity index (χ1n) is 9.98. The summed E-state index contributed by atoms with van der Waals surface area (Å²) in [6, 6.07) is 11.9. The van der Waals surface area contributed by atoms with Crippen LogP contribution in [-0.4, -0.2) is 50.7 Å². The molecule has 4 rings (SSSR count). The smallest absolute Gasteiger partial charge is 0.256 e. The molecule has 29 heavy (non-hydrogen) atoms. The Bertz CT molecular complexity index is 1010. The molecule has 0 saturated carbocycles. The molecule has 7 nitrogen and oxygen atoms in total. The number of likely N-dealkylation sites (tertiary alicyclic amines) is 1. The van der Waals surface area contributed by atoms with Gasteiger partial charge in [-0.15, -0.1) is 0 Å². The van der Waals surface area contributed by atoms with Crippen molar-refractivity contribution in [1.29, 1.82) is 0 Å². The van der Waals surface area contributed by atoms with E-state index >= 15 is 0 Å². The molecule has 0 unspecified atom stereocenters. The molecule has 3 heterocycles. The van der Waals surface area contributed by atoms with Crippen molar-refractivity contribution in [3.05, 3.63) is 66.1 Å². The van der Waals surface area contributed by atoms with Crippen LogP contribution in [0.3, 0.4) is 0 Å². The highest BCUT2D eigenvalue weighted by Crippen LogP contribution is 2.20. The molecular weight excluding hydrogens is 366 g/mol. The average Bonchev–Trinajstić information content (AvgIpc) is 3.45. The molecule has 1 aromatic carbocycles. The number of hydrogen-bond acceptors (Lipinski definition) is 3. The summed E-state index contributed by atoms with van der Waals surface area (Å²) in [4.78, 5) is 26.4. The van der Waals surface area contributed by atoms with E-state index in [1.165, 1.54) is 0 Å². The van der Waals surface area contributed by atoms with Crippen LogP contribution in [0.5, 0.6) is 0 Å². The predicted octanol–water partition coefficient (Wildman–Crippen LogP) is 2.71. The van der Waals surface area contributed by atoms with E-state index in [1.807, 2.05) is 65.2 Å². The highest BCUT2D eigenvalue weighted by Gasteiger charge is 2.21. The maximum absolute atomic E-state index is 12.9. The molecule has 0 spiro atoms. The van der Waals surface area contributed by atoms with Crippen molar-refractivity contribution < 1.29 is 9.59 Å². The van der Waals surface area contributed by atoms with E-state index in [-0.39, 0.29) is 11.8 Å². The Kier molecular flexibility index (Phi) is 5.46. The summed E-state index contributed by atoms with van der Waals surface area (Å²) < 4.78 is 3.68. The predicted molar refractivity (Wildman–Crippen MR) is 110 cm³/mol. The lowest BCUT2D eigenvalue weighted by Gasteiger charge is -2.15. The third kappa shape index (κ3) is 4.08. The zero-order valence-corrected chi connectivity index (χ0v) is 16.5. The molecular formula is C22H25N5O2. The van der Waals surface area contributed by atoms with Crippen LogP contribution in [0, 0.1) is 6.92 Å². The first-order chi connectivity index (χ1) is 14.1. The Morgan fingerprint density at radius 3 is 2.76 bits per heavy atom. The number of benzene rings is 1. The minimum Gasteiger partial charge on any atom is -0.352 e. The summed E-state index contributed by atoms with van der Waals surface area (Å²) >= 11 is 0. The van der Waals surface area contributed by atoms with Crippen LogP contribution in [0.2, 0.25) is 0 Å². The van der Waals surface area contributed by atoms with E-state index in [4.69, 9.17) is 0 Å². The summed E-state index contributed by atoms with van der Waals surface area (Å²) in [5.74, 6) is 0.749. The van der Waals surface area contributed by atoms with Crippen LogP contribution in [0.1, 0.15) is 35.2 Å². The van der Waals surface area contributed by atoms with Crippen molar-refractivity contribution >= 4 is 11.8 Å². The van der Waals surface area contributed by atoms with Gasteiger partial charge in [-0.25, -0.2) is 4.68 Å². The molecule has 0 atom stereocenters. The number of aromatic nitrogens is 3. The Morgan fingerprint density at radius 1 is 1.21 bits per heavy atom. The Morgan fingerprint density at radius 2 is 2.03 bits per heavy atom. The van der Waals surface area contributed by atoms with Crippen molar-refractivity contribution in [2.75, 3.05) is 19.6 Å². The third-order valence-corrected chi connectivity index (χ3v) is 5.15. The fraction of sp³-hybridized carbons (Fsp3) is 0.318. The zero-order chi connectivity index (χ0) is 20.2. The Hall–Kier alpha value is -3.35. The fourth-order valence-corrected chi connectivity index (χ4v) is 3.68. The largest absolute Gasteiger partial charge is 0.352 e. The van der Waals surface area contributed by atoms with Gasteiger partial charge in [0.05, 0.1) is 11.9 Å². The van der Waals surface area contributed by atoms with Crippen LogP contribution in [-0.2, 0) is 4.79 Å². The normalized spacial score (nSPS) is 13.8. The first kappa shape index (κ1) is 19.0. The molecule has 150 valence electrons. The van der Waals surface area contributed by atoms with E-state index in [0.29, 0.717) is 30.9 Å². The van der Waals surface area contributed by atoms with Crippen LogP contribution in [0.25, 0.3) is 11.5 Å². The molecule has 1 fully saturated rings. The van der Waals surface area contributed by atoms with Crippen molar-refractivity contribution in [2.45, 2.75) is 26.2 Å². The van der Waals surface area contributed by atoms with Gasteiger partial charge in [-0.05, 0) is 49.6 Å². The van der Waals surface area contributed by atoms with Crippen LogP contribution in [0.4, 0.5) is 0 Å². The summed E-state index contributed by atoms with van der Waals surface area (Å²) in [7, 11) is 0. The molecule has 2 amide bonds. The lowest BCUT2D eigenvalue weighted by Crippen LogP contribution is -2.31. The van der Waals surface area contributed by atoms with Crippen molar-refractivity contribution in [1.82, 2.24) is 24.6 Å². The molecule has 3 aromatic rings. The maximum atomic E-state index is 12.9. The summed E-state index contributed by atoms with van der Waals surface area (Å²) in [6.45, 7) is 4.06. The van der Waals surface area contributed by atoms with Crippen LogP contribution < -0.4 is 5.32 Å². The standard InChI is InChI=1S/C22H25N5O2/c1-17-7-4-8-18(15-17)27-22(26-11-2-3-12-26)19(16-24-27)21(29)23-10-6-14-25-13-5-9-20(25)28/h2-4,7-8,11-12,15-16H,5-6,9-10,13-14H2,1H3,(H,23,29). The van der Waals surface area contributed by atoms with Gasteiger partial charge in [-0.2, -0.15) is 5.10 Å². The van der Waals surface area contributed by atoms with Gasteiger partial charge < -0.3 is 14.8 Å². The number of nitrogens with one attached hydrogen (secondary N) is 1. The minimum absolute atomic E-state index is 0.166. The van der Waals surface area contributed by atoms with Crippen LogP contribution >= 0.6 is 0 Å². The second-order valence-corrected chi connectivity index (χ2v) is 7.32. The molecule has 1 saturated heterocycles. The second-order valence-electron chi connectivity index (χ2n) is 7.32. The minimum atomic E-state index is -0.166. The number of aryl methyl sites for hydroxylation is 1. The monoisotopic (exact) mass is 391 g/mol. The van der Waals surface area contributed by atoms with Gasteiger partial charge >= 0.3 is 0 Å². The molecule has 2 aromatic heterocycles. The Labute approximate surface area is 169 Å². The number of amides is 2. The molecule has 7 heteroatoms. The molecule has 1 N–H and O–H groups in total. The quantitative estimate of drug-likeness (QED) is 0.630. The van der Waals surface area contributed by atoms with Gasteiger partial charge in [-0.3, -0.25) is 9.59 Å². The van der Waals surface area contributed by atoms with Crippen molar-refractivity contribution in [2.24, 2.45) is 0 Å². The zero-order valence-electron chi connectivity index (χ0n) is 16.5. The lowest BCUT2D eigenvalue weighted by molar-refractivity contribution is -0.127. The highest BCUT2D eigenvalue weighted by molar-refractivity contribution is 5.97. The van der Waals surface area contributed by atoms with Gasteiger partial charge in [0.1, 0.15) is 5.56 Å². The molecule has 0 bridgehead atoms. The van der Waals surface area contributed by atoms with Gasteiger partial charge in [0.15, 0.2) is 5.82 Å². The van der Waals surface area contributed by atoms with Gasteiger partial charge in [0.25, 0.3) is 5.91 Å². The maximum Gasteiger partial charge on any atom is 0.256 e.